The van der Waals surface area contributed by atoms with Crippen LogP contribution in [0.1, 0.15) is 11.1 Å². The number of hydrogen-bond donors (Lipinski definition) is 1. The van der Waals surface area contributed by atoms with E-state index in [4.69, 9.17) is 27.9 Å². The minimum Gasteiger partial charge on any atom is -0.489 e. The van der Waals surface area contributed by atoms with Crippen molar-refractivity contribution in [3.63, 3.8) is 0 Å². The quantitative estimate of drug-likeness (QED) is 0.316. The zero-order valence-electron chi connectivity index (χ0n) is 17.3. The monoisotopic (exact) mass is 496 g/mol. The Kier molecular flexibility index (Phi) is 6.06. The molecule has 33 heavy (non-hydrogen) atoms. The van der Waals surface area contributed by atoms with Crippen molar-refractivity contribution in [2.75, 3.05) is 4.90 Å². The summed E-state index contributed by atoms with van der Waals surface area (Å²) in [5.41, 5.74) is 3.40. The molecule has 1 fully saturated rings. The van der Waals surface area contributed by atoms with Gasteiger partial charge in [0.15, 0.2) is 0 Å². The minimum atomic E-state index is -0.528. The third-order valence-electron chi connectivity index (χ3n) is 5.48. The molecule has 0 saturated carbocycles. The molecule has 1 atom stereocenters. The average Bonchev–Trinajstić information content (AvgIpc) is 3.34. The number of aromatic amines is 1. The lowest BCUT2D eigenvalue weighted by atomic mass is 10.1. The fraction of sp³-hybridized carbons (Fsp3) is 0.120. The third-order valence-corrected chi connectivity index (χ3v) is 7.25. The number of rotatable bonds is 6. The van der Waals surface area contributed by atoms with E-state index in [2.05, 4.69) is 4.98 Å². The van der Waals surface area contributed by atoms with E-state index in [1.165, 1.54) is 11.0 Å². The molecule has 5 rings (SSSR count). The summed E-state index contributed by atoms with van der Waals surface area (Å²) in [6.45, 7) is 0.468. The van der Waals surface area contributed by atoms with Crippen LogP contribution in [-0.4, -0.2) is 21.4 Å². The van der Waals surface area contributed by atoms with Crippen molar-refractivity contribution in [3.05, 3.63) is 94.1 Å². The van der Waals surface area contributed by atoms with Gasteiger partial charge in [-0.25, -0.2) is 4.90 Å². The zero-order valence-corrected chi connectivity index (χ0v) is 19.6. The smallest absolute Gasteiger partial charge is 0.293 e. The van der Waals surface area contributed by atoms with E-state index in [-0.39, 0.29) is 11.1 Å². The average molecular weight is 497 g/mol. The van der Waals surface area contributed by atoms with Gasteiger partial charge in [-0.05, 0) is 53.9 Å². The fourth-order valence-electron chi connectivity index (χ4n) is 3.80. The summed E-state index contributed by atoms with van der Waals surface area (Å²) < 4.78 is 5.96. The van der Waals surface area contributed by atoms with Crippen molar-refractivity contribution in [1.29, 1.82) is 0 Å². The van der Waals surface area contributed by atoms with Crippen LogP contribution in [0.2, 0.25) is 10.0 Å². The Bertz CT molecular complexity index is 1360. The highest BCUT2D eigenvalue weighted by molar-refractivity contribution is 8.15. The number of carbonyl (C=O) groups excluding carboxylic acids is 2. The second-order valence-corrected chi connectivity index (χ2v) is 9.61. The van der Waals surface area contributed by atoms with Gasteiger partial charge in [-0.2, -0.15) is 0 Å². The van der Waals surface area contributed by atoms with Crippen LogP contribution in [0.3, 0.4) is 0 Å². The number of benzene rings is 3. The maximum Gasteiger partial charge on any atom is 0.293 e. The Balaban J connectivity index is 1.35. The summed E-state index contributed by atoms with van der Waals surface area (Å²) in [6, 6.07) is 20.5. The van der Waals surface area contributed by atoms with Crippen LogP contribution in [0, 0.1) is 0 Å². The molecule has 166 valence electrons. The molecular formula is C25H18Cl2N2O3S. The lowest BCUT2D eigenvalue weighted by Gasteiger charge is -2.14. The molecule has 0 aliphatic carbocycles. The number of aromatic nitrogens is 1. The first-order valence-corrected chi connectivity index (χ1v) is 11.9. The van der Waals surface area contributed by atoms with E-state index in [0.717, 1.165) is 39.5 Å². The molecule has 1 aliphatic rings. The van der Waals surface area contributed by atoms with Crippen LogP contribution in [0.15, 0.2) is 72.9 Å². The largest absolute Gasteiger partial charge is 0.489 e. The highest BCUT2D eigenvalue weighted by Gasteiger charge is 2.41. The van der Waals surface area contributed by atoms with Crippen molar-refractivity contribution in [2.24, 2.45) is 0 Å². The zero-order chi connectivity index (χ0) is 22.9. The molecule has 1 saturated heterocycles. The Morgan fingerprint density at radius 3 is 2.58 bits per heavy atom. The van der Waals surface area contributed by atoms with Gasteiger partial charge in [0, 0.05) is 17.1 Å². The molecule has 4 aromatic rings. The van der Waals surface area contributed by atoms with E-state index >= 15 is 0 Å². The predicted octanol–water partition coefficient (Wildman–Crippen LogP) is 6.86. The fourth-order valence-corrected chi connectivity index (χ4v) is 5.11. The van der Waals surface area contributed by atoms with Gasteiger partial charge in [-0.15, -0.1) is 0 Å². The second kappa shape index (κ2) is 9.14. The molecule has 2 heterocycles. The van der Waals surface area contributed by atoms with Gasteiger partial charge in [-0.1, -0.05) is 65.3 Å². The minimum absolute atomic E-state index is 0.269. The lowest BCUT2D eigenvalue weighted by molar-refractivity contribution is -0.117. The van der Waals surface area contributed by atoms with E-state index < -0.39 is 5.25 Å². The summed E-state index contributed by atoms with van der Waals surface area (Å²) in [7, 11) is 0. The molecule has 1 N–H and O–H groups in total. The number of halogens is 2. The van der Waals surface area contributed by atoms with Gasteiger partial charge < -0.3 is 9.72 Å². The number of nitrogens with zero attached hydrogens (tertiary/aromatic N) is 1. The van der Waals surface area contributed by atoms with Gasteiger partial charge >= 0.3 is 0 Å². The Labute approximate surface area is 204 Å². The molecule has 3 aromatic carbocycles. The van der Waals surface area contributed by atoms with Crippen LogP contribution in [-0.2, 0) is 17.8 Å². The molecular weight excluding hydrogens is 479 g/mol. The third kappa shape index (κ3) is 4.47. The van der Waals surface area contributed by atoms with Crippen LogP contribution in [0.25, 0.3) is 10.9 Å². The molecule has 8 heteroatoms. The number of fused-ring (bicyclic) bond motifs is 1. The van der Waals surface area contributed by atoms with Crippen LogP contribution in [0.5, 0.6) is 5.75 Å². The number of amides is 2. The van der Waals surface area contributed by atoms with Crippen molar-refractivity contribution < 1.29 is 14.3 Å². The van der Waals surface area contributed by atoms with E-state index in [0.29, 0.717) is 28.8 Å². The number of imide groups is 1. The highest BCUT2D eigenvalue weighted by Crippen LogP contribution is 2.37. The van der Waals surface area contributed by atoms with Gasteiger partial charge in [0.25, 0.3) is 5.24 Å². The second-order valence-electron chi connectivity index (χ2n) is 7.64. The summed E-state index contributed by atoms with van der Waals surface area (Å²) in [5.74, 6) is 0.473. The number of nitrogens with one attached hydrogen (secondary N) is 1. The van der Waals surface area contributed by atoms with Gasteiger partial charge in [0.05, 0.1) is 21.0 Å². The molecule has 0 spiro atoms. The number of carbonyl (C=O) groups is 2. The molecule has 2 amide bonds. The van der Waals surface area contributed by atoms with E-state index in [1.807, 2.05) is 54.7 Å². The summed E-state index contributed by atoms with van der Waals surface area (Å²) in [6.07, 6.45) is 2.29. The first-order chi connectivity index (χ1) is 16.0. The Hall–Kier alpha value is -2.93. The molecule has 0 radical (unpaired) electrons. The molecule has 0 bridgehead atoms. The topological polar surface area (TPSA) is 62.4 Å². The van der Waals surface area contributed by atoms with Crippen molar-refractivity contribution in [3.8, 4) is 5.75 Å². The van der Waals surface area contributed by atoms with Crippen LogP contribution < -0.4 is 9.64 Å². The standard InChI is InChI=1S/C25H18Cl2N2O3S/c26-20-8-6-17(11-21(20)27)29-24(30)23(33-25(29)31)10-16-13-28-22-9-7-18(12-19(16)22)32-14-15-4-2-1-3-5-15/h1-9,11-13,23,28H,10,14H2. The SMILES string of the molecule is O=C1SC(Cc2c[nH]c3ccc(OCc4ccccc4)cc23)C(=O)N1c1ccc(Cl)c(Cl)c1. The number of anilines is 1. The predicted molar refractivity (Wildman–Crippen MR) is 133 cm³/mol. The Morgan fingerprint density at radius 1 is 0.970 bits per heavy atom. The lowest BCUT2D eigenvalue weighted by Crippen LogP contribution is -2.32. The number of H-pyrrole nitrogens is 1. The highest BCUT2D eigenvalue weighted by atomic mass is 35.5. The molecule has 5 nitrogen and oxygen atoms in total. The van der Waals surface area contributed by atoms with Crippen molar-refractivity contribution in [1.82, 2.24) is 4.98 Å². The van der Waals surface area contributed by atoms with E-state index in [9.17, 15) is 9.59 Å². The summed E-state index contributed by atoms with van der Waals surface area (Å²) in [5, 5.41) is 0.778. The maximum absolute atomic E-state index is 13.1. The summed E-state index contributed by atoms with van der Waals surface area (Å²) in [4.78, 5) is 30.1. The number of ether oxygens (including phenoxy) is 1. The van der Waals surface area contributed by atoms with Gasteiger partial charge in [-0.3, -0.25) is 9.59 Å². The molecule has 1 unspecified atom stereocenters. The first-order valence-electron chi connectivity index (χ1n) is 10.3. The molecule has 1 aromatic heterocycles. The normalized spacial score (nSPS) is 16.1. The van der Waals surface area contributed by atoms with Gasteiger partial charge in [0.1, 0.15) is 12.4 Å². The Morgan fingerprint density at radius 2 is 1.79 bits per heavy atom. The van der Waals surface area contributed by atoms with Crippen LogP contribution in [0.4, 0.5) is 10.5 Å². The summed E-state index contributed by atoms with van der Waals surface area (Å²) >= 11 is 13.1. The number of hydrogen-bond acceptors (Lipinski definition) is 4. The first kappa shape index (κ1) is 21.9. The molecule has 1 aliphatic heterocycles. The maximum atomic E-state index is 13.1. The van der Waals surface area contributed by atoms with Crippen LogP contribution >= 0.6 is 35.0 Å². The van der Waals surface area contributed by atoms with Crippen molar-refractivity contribution >= 4 is 62.7 Å². The van der Waals surface area contributed by atoms with Gasteiger partial charge in [0.2, 0.25) is 5.91 Å². The van der Waals surface area contributed by atoms with E-state index in [1.54, 1.807) is 12.1 Å². The van der Waals surface area contributed by atoms with Crippen molar-refractivity contribution in [2.45, 2.75) is 18.3 Å². The number of thioether (sulfide) groups is 1.